The molecule has 1 N–H and O–H groups in total. The van der Waals surface area contributed by atoms with Crippen LogP contribution in [0, 0.1) is 5.92 Å². The Morgan fingerprint density at radius 1 is 1.43 bits per heavy atom. The van der Waals surface area contributed by atoms with E-state index in [1.165, 1.54) is 4.68 Å². The van der Waals surface area contributed by atoms with Gasteiger partial charge in [0.25, 0.3) is 5.56 Å². The van der Waals surface area contributed by atoms with Crippen molar-refractivity contribution in [3.63, 3.8) is 0 Å². The summed E-state index contributed by atoms with van der Waals surface area (Å²) in [4.78, 5) is 14.6. The summed E-state index contributed by atoms with van der Waals surface area (Å²) < 4.78 is 1.44. The fourth-order valence-corrected chi connectivity index (χ4v) is 2.86. The van der Waals surface area contributed by atoms with Crippen LogP contribution < -0.4 is 10.9 Å². The second kappa shape index (κ2) is 7.27. The molecule has 21 heavy (non-hydrogen) atoms. The van der Waals surface area contributed by atoms with Crippen LogP contribution in [-0.4, -0.2) is 40.4 Å². The number of anilines is 1. The Labute approximate surface area is 131 Å². The van der Waals surface area contributed by atoms with Gasteiger partial charge in [0.2, 0.25) is 0 Å². The van der Waals surface area contributed by atoms with Crippen molar-refractivity contribution in [1.82, 2.24) is 14.7 Å². The van der Waals surface area contributed by atoms with E-state index in [0.29, 0.717) is 24.2 Å². The minimum Gasteiger partial charge on any atom is -0.380 e. The van der Waals surface area contributed by atoms with E-state index in [-0.39, 0.29) is 10.6 Å². The largest absolute Gasteiger partial charge is 0.380 e. The van der Waals surface area contributed by atoms with Gasteiger partial charge in [0.1, 0.15) is 5.02 Å². The molecule has 2 rings (SSSR count). The minimum atomic E-state index is -0.207. The summed E-state index contributed by atoms with van der Waals surface area (Å²) in [6, 6.07) is 0.368. The highest BCUT2D eigenvalue weighted by Crippen LogP contribution is 2.20. The van der Waals surface area contributed by atoms with Gasteiger partial charge in [0, 0.05) is 25.7 Å². The first-order valence-electron chi connectivity index (χ1n) is 7.75. The molecule has 0 aromatic carbocycles. The summed E-state index contributed by atoms with van der Waals surface area (Å²) >= 11 is 6.21. The lowest BCUT2D eigenvalue weighted by molar-refractivity contribution is 0.229. The van der Waals surface area contributed by atoms with E-state index in [1.54, 1.807) is 6.20 Å². The van der Waals surface area contributed by atoms with Crippen molar-refractivity contribution >= 4 is 17.3 Å². The van der Waals surface area contributed by atoms with E-state index in [9.17, 15) is 4.79 Å². The molecule has 0 atom stereocenters. The quantitative estimate of drug-likeness (QED) is 0.907. The molecule has 1 saturated heterocycles. The van der Waals surface area contributed by atoms with Gasteiger partial charge in [-0.3, -0.25) is 4.79 Å². The second-order valence-corrected chi connectivity index (χ2v) is 6.48. The first-order valence-corrected chi connectivity index (χ1v) is 8.13. The number of nitrogens with one attached hydrogen (secondary N) is 1. The summed E-state index contributed by atoms with van der Waals surface area (Å²) in [6.45, 7) is 10.1. The van der Waals surface area contributed by atoms with Gasteiger partial charge in [-0.25, -0.2) is 4.68 Å². The maximum absolute atomic E-state index is 12.2. The van der Waals surface area contributed by atoms with Crippen molar-refractivity contribution in [2.45, 2.75) is 46.2 Å². The SMILES string of the molecule is CCN1CCC(Nc2cnn(CC(C)C)c(=O)c2Cl)CC1. The number of hydrogen-bond donors (Lipinski definition) is 1. The number of rotatable bonds is 5. The Kier molecular flexibility index (Phi) is 5.65. The standard InChI is InChI=1S/C15H25ClN4O/c1-4-19-7-5-12(6-8-19)18-13-9-17-20(10-11(2)3)15(21)14(13)16/h9,11-12,18H,4-8,10H2,1-3H3. The van der Waals surface area contributed by atoms with Gasteiger partial charge in [-0.15, -0.1) is 0 Å². The van der Waals surface area contributed by atoms with E-state index in [4.69, 9.17) is 11.6 Å². The topological polar surface area (TPSA) is 50.2 Å². The minimum absolute atomic E-state index is 0.207. The highest BCUT2D eigenvalue weighted by Gasteiger charge is 2.19. The third-order valence-electron chi connectivity index (χ3n) is 3.92. The van der Waals surface area contributed by atoms with Crippen molar-refractivity contribution in [2.75, 3.05) is 25.0 Å². The summed E-state index contributed by atoms with van der Waals surface area (Å²) in [5.74, 6) is 0.364. The zero-order chi connectivity index (χ0) is 15.4. The lowest BCUT2D eigenvalue weighted by Crippen LogP contribution is -2.39. The van der Waals surface area contributed by atoms with Crippen LogP contribution >= 0.6 is 11.6 Å². The van der Waals surface area contributed by atoms with E-state index >= 15 is 0 Å². The van der Waals surface area contributed by atoms with E-state index < -0.39 is 0 Å². The molecule has 118 valence electrons. The fourth-order valence-electron chi connectivity index (χ4n) is 2.66. The molecular formula is C15H25ClN4O. The maximum atomic E-state index is 12.2. The summed E-state index contributed by atoms with van der Waals surface area (Å²) in [5, 5.41) is 7.86. The predicted molar refractivity (Wildman–Crippen MR) is 87.1 cm³/mol. The van der Waals surface area contributed by atoms with Crippen molar-refractivity contribution in [1.29, 1.82) is 0 Å². The average molecular weight is 313 g/mol. The number of halogens is 1. The normalized spacial score (nSPS) is 17.4. The Hall–Kier alpha value is -1.07. The first kappa shape index (κ1) is 16.3. The van der Waals surface area contributed by atoms with Gasteiger partial charge in [0.15, 0.2) is 0 Å². The predicted octanol–water partition coefficient (Wildman–Crippen LogP) is 2.45. The molecule has 1 aromatic rings. The monoisotopic (exact) mass is 312 g/mol. The zero-order valence-electron chi connectivity index (χ0n) is 13.1. The second-order valence-electron chi connectivity index (χ2n) is 6.11. The van der Waals surface area contributed by atoms with E-state index in [1.807, 2.05) is 0 Å². The molecule has 1 fully saturated rings. The molecule has 2 heterocycles. The number of nitrogens with zero attached hydrogens (tertiary/aromatic N) is 3. The smallest absolute Gasteiger partial charge is 0.287 e. The number of piperidine rings is 1. The Morgan fingerprint density at radius 2 is 2.10 bits per heavy atom. The number of hydrogen-bond acceptors (Lipinski definition) is 4. The van der Waals surface area contributed by atoms with Crippen LogP contribution in [0.15, 0.2) is 11.0 Å². The molecule has 0 bridgehead atoms. The Morgan fingerprint density at radius 3 is 2.67 bits per heavy atom. The summed E-state index contributed by atoms with van der Waals surface area (Å²) in [7, 11) is 0. The first-order chi connectivity index (χ1) is 10.0. The van der Waals surface area contributed by atoms with Crippen molar-refractivity contribution in [3.05, 3.63) is 21.6 Å². The van der Waals surface area contributed by atoms with Crippen molar-refractivity contribution < 1.29 is 0 Å². The van der Waals surface area contributed by atoms with Crippen molar-refractivity contribution in [3.8, 4) is 0 Å². The summed E-state index contributed by atoms with van der Waals surface area (Å²) in [5.41, 5.74) is 0.456. The molecule has 1 aromatic heterocycles. The number of aromatic nitrogens is 2. The molecule has 5 nitrogen and oxygen atoms in total. The van der Waals surface area contributed by atoms with Crippen LogP contribution in [0.4, 0.5) is 5.69 Å². The van der Waals surface area contributed by atoms with Gasteiger partial charge in [-0.1, -0.05) is 32.4 Å². The molecule has 1 aliphatic heterocycles. The van der Waals surface area contributed by atoms with Crippen LogP contribution in [-0.2, 0) is 6.54 Å². The van der Waals surface area contributed by atoms with Crippen LogP contribution in [0.25, 0.3) is 0 Å². The molecule has 0 saturated carbocycles. The van der Waals surface area contributed by atoms with Gasteiger partial charge in [-0.2, -0.15) is 5.10 Å². The number of likely N-dealkylation sites (tertiary alicyclic amines) is 1. The van der Waals surface area contributed by atoms with Crippen LogP contribution in [0.2, 0.25) is 5.02 Å². The molecule has 0 aliphatic carbocycles. The molecule has 0 spiro atoms. The van der Waals surface area contributed by atoms with Crippen LogP contribution in [0.3, 0.4) is 0 Å². The van der Waals surface area contributed by atoms with Gasteiger partial charge < -0.3 is 10.2 Å². The lowest BCUT2D eigenvalue weighted by Gasteiger charge is -2.32. The Balaban J connectivity index is 2.04. The molecular weight excluding hydrogens is 288 g/mol. The highest BCUT2D eigenvalue weighted by atomic mass is 35.5. The molecule has 6 heteroatoms. The third-order valence-corrected chi connectivity index (χ3v) is 4.28. The summed E-state index contributed by atoms with van der Waals surface area (Å²) in [6.07, 6.45) is 3.82. The van der Waals surface area contributed by atoms with Crippen LogP contribution in [0.5, 0.6) is 0 Å². The highest BCUT2D eigenvalue weighted by molar-refractivity contribution is 6.32. The molecule has 0 amide bonds. The van der Waals surface area contributed by atoms with Gasteiger partial charge in [-0.05, 0) is 25.3 Å². The van der Waals surface area contributed by atoms with E-state index in [0.717, 1.165) is 32.5 Å². The maximum Gasteiger partial charge on any atom is 0.287 e. The van der Waals surface area contributed by atoms with Crippen molar-refractivity contribution in [2.24, 2.45) is 5.92 Å². The molecule has 0 radical (unpaired) electrons. The molecule has 1 aliphatic rings. The average Bonchev–Trinajstić information content (AvgIpc) is 2.47. The Bertz CT molecular complexity index is 521. The van der Waals surface area contributed by atoms with Crippen LogP contribution in [0.1, 0.15) is 33.6 Å². The fraction of sp³-hybridized carbons (Fsp3) is 0.733. The van der Waals surface area contributed by atoms with Gasteiger partial charge in [0.05, 0.1) is 11.9 Å². The third kappa shape index (κ3) is 4.20. The zero-order valence-corrected chi connectivity index (χ0v) is 13.9. The lowest BCUT2D eigenvalue weighted by atomic mass is 10.0. The molecule has 0 unspecified atom stereocenters. The van der Waals surface area contributed by atoms with E-state index in [2.05, 4.69) is 36.1 Å². The van der Waals surface area contributed by atoms with Gasteiger partial charge >= 0.3 is 0 Å².